The second kappa shape index (κ2) is 7.56. The van der Waals surface area contributed by atoms with Crippen molar-refractivity contribution in [2.75, 3.05) is 5.32 Å². The topological polar surface area (TPSA) is 63.5 Å². The first-order chi connectivity index (χ1) is 13.6. The highest BCUT2D eigenvalue weighted by Crippen LogP contribution is 2.24. The first kappa shape index (κ1) is 18.4. The molecule has 4 aromatic rings. The fourth-order valence-electron chi connectivity index (χ4n) is 3.20. The van der Waals surface area contributed by atoms with Crippen LogP contribution in [0.2, 0.25) is 0 Å². The number of anilines is 1. The van der Waals surface area contributed by atoms with Gasteiger partial charge in [-0.1, -0.05) is 31.5 Å². The summed E-state index contributed by atoms with van der Waals surface area (Å²) >= 11 is 1.24. The zero-order valence-electron chi connectivity index (χ0n) is 15.9. The first-order valence-electron chi connectivity index (χ1n) is 9.38. The molecular weight excluding hydrogens is 370 g/mol. The summed E-state index contributed by atoms with van der Waals surface area (Å²) in [5, 5.41) is 3.38. The zero-order valence-corrected chi connectivity index (χ0v) is 16.7. The average molecular weight is 391 g/mol. The monoisotopic (exact) mass is 391 g/mol. The molecule has 1 aromatic carbocycles. The maximum Gasteiger partial charge on any atom is 0.266 e. The number of carbonyl (C=O) groups is 1. The summed E-state index contributed by atoms with van der Waals surface area (Å²) in [7, 11) is 0. The van der Waals surface area contributed by atoms with E-state index in [1.807, 2.05) is 43.3 Å². The van der Waals surface area contributed by atoms with Crippen molar-refractivity contribution in [3.05, 3.63) is 75.0 Å². The number of pyridine rings is 1. The summed E-state index contributed by atoms with van der Waals surface area (Å²) in [6.45, 7) is 4.09. The predicted octanol–water partition coefficient (Wildman–Crippen LogP) is 4.81. The number of thiophene rings is 1. The van der Waals surface area contributed by atoms with E-state index >= 15 is 0 Å². The second-order valence-corrected chi connectivity index (χ2v) is 7.92. The fraction of sp³-hybridized carbons (Fsp3) is 0.227. The molecule has 28 heavy (non-hydrogen) atoms. The molecule has 0 bridgehead atoms. The number of hydrogen-bond acceptors (Lipinski definition) is 4. The molecule has 3 aromatic heterocycles. The minimum absolute atomic E-state index is 0.153. The number of unbranched alkanes of at least 4 members (excludes halogenated alkanes) is 1. The number of fused-ring (bicyclic) bond motifs is 2. The van der Waals surface area contributed by atoms with Crippen molar-refractivity contribution in [3.63, 3.8) is 0 Å². The number of amides is 1. The highest BCUT2D eigenvalue weighted by atomic mass is 32.1. The van der Waals surface area contributed by atoms with E-state index in [0.717, 1.165) is 30.5 Å². The van der Waals surface area contributed by atoms with Crippen LogP contribution in [-0.4, -0.2) is 15.3 Å². The lowest BCUT2D eigenvalue weighted by Crippen LogP contribution is -2.14. The lowest BCUT2D eigenvalue weighted by Gasteiger charge is -2.05. The minimum atomic E-state index is -0.227. The van der Waals surface area contributed by atoms with Crippen LogP contribution in [0.15, 0.2) is 53.5 Å². The van der Waals surface area contributed by atoms with Crippen molar-refractivity contribution in [1.82, 2.24) is 9.38 Å². The molecule has 6 heteroatoms. The molecule has 0 saturated carbocycles. The maximum atomic E-state index is 12.8. The van der Waals surface area contributed by atoms with Crippen LogP contribution in [0.1, 0.15) is 40.6 Å². The second-order valence-electron chi connectivity index (χ2n) is 6.89. The van der Waals surface area contributed by atoms with Gasteiger partial charge in [0.25, 0.3) is 11.5 Å². The van der Waals surface area contributed by atoms with E-state index in [1.165, 1.54) is 21.3 Å². The number of rotatable bonds is 5. The summed E-state index contributed by atoms with van der Waals surface area (Å²) in [6.07, 6.45) is 5.06. The van der Waals surface area contributed by atoms with Gasteiger partial charge < -0.3 is 5.32 Å². The van der Waals surface area contributed by atoms with Crippen molar-refractivity contribution in [3.8, 4) is 0 Å². The third kappa shape index (κ3) is 3.43. The number of aromatic nitrogens is 2. The Balaban J connectivity index is 1.63. The lowest BCUT2D eigenvalue weighted by atomic mass is 10.1. The SMILES string of the molecule is CCCCc1ccc(NC(=O)c2cc3c(=O)n4cccc(C)c4nc3s2)cc1. The average Bonchev–Trinajstić information content (AvgIpc) is 3.13. The molecule has 0 atom stereocenters. The highest BCUT2D eigenvalue weighted by Gasteiger charge is 2.15. The summed E-state index contributed by atoms with van der Waals surface area (Å²) in [5.74, 6) is -0.227. The van der Waals surface area contributed by atoms with E-state index in [4.69, 9.17) is 0 Å². The summed E-state index contributed by atoms with van der Waals surface area (Å²) in [4.78, 5) is 31.1. The molecule has 3 heterocycles. The molecular formula is C22H21N3O2S. The number of nitrogens with zero attached hydrogens (tertiary/aromatic N) is 2. The van der Waals surface area contributed by atoms with Gasteiger partial charge in [-0.05, 0) is 55.2 Å². The van der Waals surface area contributed by atoms with E-state index in [9.17, 15) is 9.59 Å². The molecule has 1 N–H and O–H groups in total. The summed E-state index contributed by atoms with van der Waals surface area (Å²) < 4.78 is 1.53. The molecule has 0 radical (unpaired) electrons. The maximum absolute atomic E-state index is 12.8. The Morgan fingerprint density at radius 3 is 2.75 bits per heavy atom. The number of benzene rings is 1. The van der Waals surface area contributed by atoms with Crippen LogP contribution in [0.5, 0.6) is 0 Å². The van der Waals surface area contributed by atoms with Crippen LogP contribution >= 0.6 is 11.3 Å². The fourth-order valence-corrected chi connectivity index (χ4v) is 4.12. The van der Waals surface area contributed by atoms with Gasteiger partial charge in [0.15, 0.2) is 0 Å². The van der Waals surface area contributed by atoms with Gasteiger partial charge >= 0.3 is 0 Å². The Bertz CT molecular complexity index is 1220. The molecule has 0 fully saturated rings. The largest absolute Gasteiger partial charge is 0.321 e. The Morgan fingerprint density at radius 2 is 2.00 bits per heavy atom. The van der Waals surface area contributed by atoms with Gasteiger partial charge in [0.05, 0.1) is 10.3 Å². The van der Waals surface area contributed by atoms with E-state index < -0.39 is 0 Å². The highest BCUT2D eigenvalue weighted by molar-refractivity contribution is 7.20. The lowest BCUT2D eigenvalue weighted by molar-refractivity contribution is 0.103. The van der Waals surface area contributed by atoms with Crippen LogP contribution in [0.25, 0.3) is 15.9 Å². The van der Waals surface area contributed by atoms with E-state index in [1.54, 1.807) is 12.3 Å². The normalized spacial score (nSPS) is 11.2. The Hall–Kier alpha value is -2.99. The number of nitrogens with one attached hydrogen (secondary N) is 1. The zero-order chi connectivity index (χ0) is 19.7. The van der Waals surface area contributed by atoms with Crippen LogP contribution in [0.3, 0.4) is 0 Å². The van der Waals surface area contributed by atoms with Crippen molar-refractivity contribution >= 4 is 38.8 Å². The molecule has 4 rings (SSSR count). The molecule has 0 aliphatic heterocycles. The third-order valence-electron chi connectivity index (χ3n) is 4.79. The number of aryl methyl sites for hydroxylation is 2. The quantitative estimate of drug-likeness (QED) is 0.531. The van der Waals surface area contributed by atoms with E-state index in [2.05, 4.69) is 17.2 Å². The predicted molar refractivity (Wildman–Crippen MR) is 115 cm³/mol. The molecule has 5 nitrogen and oxygen atoms in total. The van der Waals surface area contributed by atoms with Crippen LogP contribution < -0.4 is 10.9 Å². The molecule has 0 aliphatic carbocycles. The molecule has 0 aliphatic rings. The third-order valence-corrected chi connectivity index (χ3v) is 5.81. The van der Waals surface area contributed by atoms with Crippen molar-refractivity contribution < 1.29 is 4.79 Å². The van der Waals surface area contributed by atoms with Crippen molar-refractivity contribution in [2.45, 2.75) is 33.1 Å². The number of hydrogen-bond donors (Lipinski definition) is 1. The van der Waals surface area contributed by atoms with Crippen LogP contribution in [0.4, 0.5) is 5.69 Å². The van der Waals surface area contributed by atoms with Crippen LogP contribution in [-0.2, 0) is 6.42 Å². The summed E-state index contributed by atoms with van der Waals surface area (Å²) in [6, 6.07) is 13.3. The molecule has 0 spiro atoms. The van der Waals surface area contributed by atoms with E-state index in [0.29, 0.717) is 20.7 Å². The Kier molecular flexibility index (Phi) is 4.96. The van der Waals surface area contributed by atoms with E-state index in [-0.39, 0.29) is 11.5 Å². The minimum Gasteiger partial charge on any atom is -0.321 e. The van der Waals surface area contributed by atoms with Crippen LogP contribution in [0, 0.1) is 6.92 Å². The van der Waals surface area contributed by atoms with Crippen molar-refractivity contribution in [1.29, 1.82) is 0 Å². The van der Waals surface area contributed by atoms with Crippen molar-refractivity contribution in [2.24, 2.45) is 0 Å². The molecule has 142 valence electrons. The molecule has 0 saturated heterocycles. The number of carbonyl (C=O) groups excluding carboxylic acids is 1. The molecule has 0 unspecified atom stereocenters. The molecule has 1 amide bonds. The van der Waals surface area contributed by atoms with Gasteiger partial charge in [-0.3, -0.25) is 14.0 Å². The van der Waals surface area contributed by atoms with Gasteiger partial charge in [-0.2, -0.15) is 0 Å². The Morgan fingerprint density at radius 1 is 1.21 bits per heavy atom. The van der Waals surface area contributed by atoms with Gasteiger partial charge in [0.2, 0.25) is 0 Å². The summed E-state index contributed by atoms with van der Waals surface area (Å²) in [5.41, 5.74) is 3.40. The smallest absolute Gasteiger partial charge is 0.266 e. The van der Waals surface area contributed by atoms with Gasteiger partial charge in [-0.15, -0.1) is 11.3 Å². The van der Waals surface area contributed by atoms with Gasteiger partial charge in [0, 0.05) is 11.9 Å². The van der Waals surface area contributed by atoms with Gasteiger partial charge in [0.1, 0.15) is 10.5 Å². The standard InChI is InChI=1S/C22H21N3O2S/c1-3-4-7-15-8-10-16(11-9-15)23-20(26)18-13-17-21(28-18)24-19-14(2)6-5-12-25(19)22(17)27/h5-6,8-13H,3-4,7H2,1-2H3,(H,23,26). The van der Waals surface area contributed by atoms with Gasteiger partial charge in [-0.25, -0.2) is 4.98 Å². The first-order valence-corrected chi connectivity index (χ1v) is 10.2. The Labute approximate surface area is 166 Å².